The molecule has 0 fully saturated rings. The molecule has 6 nitrogen and oxygen atoms in total. The lowest BCUT2D eigenvalue weighted by molar-refractivity contribution is -0.117. The molecule has 7 heteroatoms. The zero-order valence-corrected chi connectivity index (χ0v) is 10.2. The van der Waals surface area contributed by atoms with Gasteiger partial charge in [-0.05, 0) is 24.6 Å². The lowest BCUT2D eigenvalue weighted by Gasteiger charge is -2.10. The fourth-order valence-corrected chi connectivity index (χ4v) is 1.73. The molecule has 5 N–H and O–H groups in total. The molecule has 1 amide bonds. The molecular formula is C10H15N3O3S. The summed E-state index contributed by atoms with van der Waals surface area (Å²) in [5.74, 6) is -0.362. The number of hydrogen-bond acceptors (Lipinski definition) is 4. The minimum atomic E-state index is -3.77. The average Bonchev–Trinajstić information content (AvgIpc) is 2.27. The molecule has 94 valence electrons. The third-order valence-corrected chi connectivity index (χ3v) is 3.12. The molecule has 0 heterocycles. The van der Waals surface area contributed by atoms with Crippen LogP contribution in [-0.4, -0.2) is 20.4 Å². The van der Waals surface area contributed by atoms with Crippen molar-refractivity contribution in [2.45, 2.75) is 24.3 Å². The van der Waals surface area contributed by atoms with Crippen LogP contribution in [0, 0.1) is 0 Å². The third kappa shape index (κ3) is 3.81. The summed E-state index contributed by atoms with van der Waals surface area (Å²) in [6, 6.07) is 5.08. The molecule has 0 bridgehead atoms. The van der Waals surface area contributed by atoms with Crippen LogP contribution in [0.25, 0.3) is 0 Å². The van der Waals surface area contributed by atoms with E-state index in [1.807, 2.05) is 0 Å². The summed E-state index contributed by atoms with van der Waals surface area (Å²) in [5, 5.41) is 7.50. The minimum absolute atomic E-state index is 0.0552. The van der Waals surface area contributed by atoms with Crippen LogP contribution in [0.15, 0.2) is 29.2 Å². The van der Waals surface area contributed by atoms with E-state index >= 15 is 0 Å². The molecule has 17 heavy (non-hydrogen) atoms. The Morgan fingerprint density at radius 2 is 2.12 bits per heavy atom. The second-order valence-electron chi connectivity index (χ2n) is 3.58. The van der Waals surface area contributed by atoms with E-state index in [-0.39, 0.29) is 10.8 Å². The molecule has 0 aromatic heterocycles. The van der Waals surface area contributed by atoms with Crippen LogP contribution in [-0.2, 0) is 14.8 Å². The van der Waals surface area contributed by atoms with Crippen LogP contribution in [0.1, 0.15) is 13.3 Å². The van der Waals surface area contributed by atoms with Crippen molar-refractivity contribution in [1.29, 1.82) is 0 Å². The molecule has 1 aromatic carbocycles. The standard InChI is InChI=1S/C10H15N3O3S/c1-2-9(11)10(14)13-7-4-3-5-8(6-7)17(12,15)16/h3-6,9H,2,11H2,1H3,(H,13,14)(H2,12,15,16)/t9-/m0/s1. The Kier molecular flexibility index (Phi) is 4.22. The van der Waals surface area contributed by atoms with Crippen LogP contribution in [0.2, 0.25) is 0 Å². The van der Waals surface area contributed by atoms with E-state index in [4.69, 9.17) is 10.9 Å². The van der Waals surface area contributed by atoms with Crippen molar-refractivity contribution in [2.24, 2.45) is 10.9 Å². The Morgan fingerprint density at radius 3 is 2.65 bits per heavy atom. The van der Waals surface area contributed by atoms with Gasteiger partial charge in [0.15, 0.2) is 0 Å². The average molecular weight is 257 g/mol. The number of amides is 1. The number of carbonyl (C=O) groups excluding carboxylic acids is 1. The van der Waals surface area contributed by atoms with Crippen molar-refractivity contribution < 1.29 is 13.2 Å². The molecule has 0 spiro atoms. The van der Waals surface area contributed by atoms with Gasteiger partial charge in [-0.3, -0.25) is 4.79 Å². The number of anilines is 1. The highest BCUT2D eigenvalue weighted by Crippen LogP contribution is 2.14. The van der Waals surface area contributed by atoms with Crippen LogP contribution in [0.3, 0.4) is 0 Å². The summed E-state index contributed by atoms with van der Waals surface area (Å²) in [7, 11) is -3.77. The third-order valence-electron chi connectivity index (χ3n) is 2.21. The normalized spacial score (nSPS) is 13.1. The Bertz CT molecular complexity index is 513. The van der Waals surface area contributed by atoms with Gasteiger partial charge in [0.1, 0.15) is 0 Å². The van der Waals surface area contributed by atoms with Gasteiger partial charge < -0.3 is 11.1 Å². The van der Waals surface area contributed by atoms with Crippen LogP contribution in [0.5, 0.6) is 0 Å². The van der Waals surface area contributed by atoms with Crippen LogP contribution >= 0.6 is 0 Å². The number of carbonyl (C=O) groups is 1. The Labute approximate surface area is 100 Å². The van der Waals surface area contributed by atoms with Crippen molar-refractivity contribution in [3.63, 3.8) is 0 Å². The fourth-order valence-electron chi connectivity index (χ4n) is 1.17. The highest BCUT2D eigenvalue weighted by Gasteiger charge is 2.13. The fraction of sp³-hybridized carbons (Fsp3) is 0.300. The summed E-state index contributed by atoms with van der Waals surface area (Å²) in [6.07, 6.45) is 0.501. The molecule has 0 radical (unpaired) electrons. The molecule has 1 aromatic rings. The van der Waals surface area contributed by atoms with Gasteiger partial charge in [0.25, 0.3) is 0 Å². The SMILES string of the molecule is CC[C@H](N)C(=O)Nc1cccc(S(N)(=O)=O)c1. The lowest BCUT2D eigenvalue weighted by atomic mass is 10.2. The maximum Gasteiger partial charge on any atom is 0.241 e. The van der Waals surface area contributed by atoms with E-state index in [0.29, 0.717) is 12.1 Å². The summed E-state index contributed by atoms with van der Waals surface area (Å²) in [4.78, 5) is 11.4. The second-order valence-corrected chi connectivity index (χ2v) is 5.14. The Morgan fingerprint density at radius 1 is 1.47 bits per heavy atom. The number of benzene rings is 1. The van der Waals surface area contributed by atoms with Crippen molar-refractivity contribution in [1.82, 2.24) is 0 Å². The van der Waals surface area contributed by atoms with Crippen molar-refractivity contribution in [3.05, 3.63) is 24.3 Å². The van der Waals surface area contributed by atoms with Gasteiger partial charge in [0, 0.05) is 5.69 Å². The maximum absolute atomic E-state index is 11.5. The first-order chi connectivity index (χ1) is 7.84. The smallest absolute Gasteiger partial charge is 0.241 e. The second kappa shape index (κ2) is 5.26. The van der Waals surface area contributed by atoms with Gasteiger partial charge in [-0.1, -0.05) is 13.0 Å². The molecular weight excluding hydrogens is 242 g/mol. The lowest BCUT2D eigenvalue weighted by Crippen LogP contribution is -2.34. The van der Waals surface area contributed by atoms with Crippen LogP contribution in [0.4, 0.5) is 5.69 Å². The van der Waals surface area contributed by atoms with Gasteiger partial charge in [0.05, 0.1) is 10.9 Å². The van der Waals surface area contributed by atoms with Crippen molar-refractivity contribution in [2.75, 3.05) is 5.32 Å². The maximum atomic E-state index is 11.5. The Balaban J connectivity index is 2.91. The van der Waals surface area contributed by atoms with Gasteiger partial charge in [0.2, 0.25) is 15.9 Å². The Hall–Kier alpha value is -1.44. The van der Waals surface area contributed by atoms with Crippen molar-refractivity contribution >= 4 is 21.6 Å². The summed E-state index contributed by atoms with van der Waals surface area (Å²) in [5.41, 5.74) is 5.89. The molecule has 0 saturated carbocycles. The predicted molar refractivity (Wildman–Crippen MR) is 64.7 cm³/mol. The molecule has 1 rings (SSSR count). The molecule has 0 saturated heterocycles. The molecule has 0 aliphatic rings. The van der Waals surface area contributed by atoms with E-state index in [0.717, 1.165) is 0 Å². The number of primary sulfonamides is 1. The van der Waals surface area contributed by atoms with E-state index in [9.17, 15) is 13.2 Å². The largest absolute Gasteiger partial charge is 0.325 e. The number of nitrogens with one attached hydrogen (secondary N) is 1. The van der Waals surface area contributed by atoms with E-state index in [1.165, 1.54) is 18.2 Å². The molecule has 0 unspecified atom stereocenters. The first-order valence-corrected chi connectivity index (χ1v) is 6.58. The van der Waals surface area contributed by atoms with Crippen LogP contribution < -0.4 is 16.2 Å². The first-order valence-electron chi connectivity index (χ1n) is 5.04. The monoisotopic (exact) mass is 257 g/mol. The number of rotatable bonds is 4. The van der Waals surface area contributed by atoms with Gasteiger partial charge >= 0.3 is 0 Å². The molecule has 1 atom stereocenters. The highest BCUT2D eigenvalue weighted by atomic mass is 32.2. The summed E-state index contributed by atoms with van der Waals surface area (Å²) < 4.78 is 22.2. The quantitative estimate of drug-likeness (QED) is 0.704. The topological polar surface area (TPSA) is 115 Å². The molecule has 0 aliphatic carbocycles. The number of nitrogens with two attached hydrogens (primary N) is 2. The predicted octanol–water partition coefficient (Wildman–Crippen LogP) is 0.00980. The van der Waals surface area contributed by atoms with E-state index in [2.05, 4.69) is 5.32 Å². The van der Waals surface area contributed by atoms with Crippen molar-refractivity contribution in [3.8, 4) is 0 Å². The zero-order chi connectivity index (χ0) is 13.1. The first kappa shape index (κ1) is 13.6. The zero-order valence-electron chi connectivity index (χ0n) is 9.38. The summed E-state index contributed by atoms with van der Waals surface area (Å²) in [6.45, 7) is 1.78. The van der Waals surface area contributed by atoms with Gasteiger partial charge in [-0.2, -0.15) is 0 Å². The number of sulfonamides is 1. The molecule has 0 aliphatic heterocycles. The van der Waals surface area contributed by atoms with Gasteiger partial charge in [-0.15, -0.1) is 0 Å². The summed E-state index contributed by atoms with van der Waals surface area (Å²) >= 11 is 0. The highest BCUT2D eigenvalue weighted by molar-refractivity contribution is 7.89. The van der Waals surface area contributed by atoms with Gasteiger partial charge in [-0.25, -0.2) is 13.6 Å². The number of hydrogen-bond donors (Lipinski definition) is 3. The minimum Gasteiger partial charge on any atom is -0.325 e. The van der Waals surface area contributed by atoms with E-state index < -0.39 is 16.1 Å². The van der Waals surface area contributed by atoms with E-state index in [1.54, 1.807) is 13.0 Å².